The van der Waals surface area contributed by atoms with Gasteiger partial charge in [0.15, 0.2) is 0 Å². The first-order chi connectivity index (χ1) is 8.75. The molecule has 0 aliphatic carbocycles. The molecule has 0 bridgehead atoms. The van der Waals surface area contributed by atoms with Gasteiger partial charge < -0.3 is 0 Å². The molecular weight excluding hydrogens is 360 g/mol. The van der Waals surface area contributed by atoms with E-state index in [1.165, 1.54) is 18.2 Å². The van der Waals surface area contributed by atoms with Crippen LogP contribution in [0.1, 0.15) is 6.92 Å². The number of nitrogens with one attached hydrogen (secondary N) is 1. The van der Waals surface area contributed by atoms with Crippen molar-refractivity contribution in [3.8, 4) is 0 Å². The highest BCUT2D eigenvalue weighted by molar-refractivity contribution is 9.10. The van der Waals surface area contributed by atoms with E-state index in [9.17, 15) is 18.5 Å². The number of alkyl halides is 1. The summed E-state index contributed by atoms with van der Waals surface area (Å²) in [5.74, 6) is -0.0451. The Morgan fingerprint density at radius 2 is 2.16 bits per heavy atom. The summed E-state index contributed by atoms with van der Waals surface area (Å²) in [6.45, 7) is 1.72. The lowest BCUT2D eigenvalue weighted by Gasteiger charge is -2.11. The van der Waals surface area contributed by atoms with Gasteiger partial charge in [0.25, 0.3) is 5.69 Å². The van der Waals surface area contributed by atoms with E-state index in [1.807, 2.05) is 0 Å². The van der Waals surface area contributed by atoms with Gasteiger partial charge in [0.2, 0.25) is 10.0 Å². The highest BCUT2D eigenvalue weighted by atomic mass is 79.9. The van der Waals surface area contributed by atoms with E-state index in [1.54, 1.807) is 6.92 Å². The van der Waals surface area contributed by atoms with E-state index in [-0.39, 0.29) is 33.4 Å². The fraction of sp³-hybridized carbons (Fsp3) is 0.400. The van der Waals surface area contributed by atoms with Crippen LogP contribution in [0, 0.1) is 16.0 Å². The minimum Gasteiger partial charge on any atom is -0.283 e. The topological polar surface area (TPSA) is 89.3 Å². The van der Waals surface area contributed by atoms with Crippen LogP contribution < -0.4 is 4.72 Å². The predicted molar refractivity (Wildman–Crippen MR) is 78.1 cm³/mol. The third-order valence-electron chi connectivity index (χ3n) is 2.19. The van der Waals surface area contributed by atoms with Gasteiger partial charge in [-0.1, -0.05) is 6.92 Å². The Morgan fingerprint density at radius 1 is 1.53 bits per heavy atom. The van der Waals surface area contributed by atoms with Gasteiger partial charge in [0.1, 0.15) is 0 Å². The van der Waals surface area contributed by atoms with Crippen LogP contribution in [0.2, 0.25) is 0 Å². The normalized spacial score (nSPS) is 13.0. The Kier molecular flexibility index (Phi) is 5.57. The first-order valence-corrected chi connectivity index (χ1v) is 8.23. The van der Waals surface area contributed by atoms with E-state index < -0.39 is 14.9 Å². The molecule has 1 rings (SSSR count). The van der Waals surface area contributed by atoms with Gasteiger partial charge in [-0.25, -0.2) is 8.42 Å². The zero-order valence-electron chi connectivity index (χ0n) is 9.97. The quantitative estimate of drug-likeness (QED) is 0.473. The Bertz CT molecular complexity index is 579. The predicted octanol–water partition coefficient (Wildman–Crippen LogP) is 2.97. The van der Waals surface area contributed by atoms with Crippen molar-refractivity contribution in [2.45, 2.75) is 6.92 Å². The Balaban J connectivity index is 2.89. The summed E-state index contributed by atoms with van der Waals surface area (Å²) in [4.78, 5) is 10.1. The van der Waals surface area contributed by atoms with E-state index in [4.69, 9.17) is 11.6 Å². The first kappa shape index (κ1) is 16.2. The number of benzene rings is 1. The van der Waals surface area contributed by atoms with E-state index in [0.29, 0.717) is 0 Å². The van der Waals surface area contributed by atoms with Gasteiger partial charge >= 0.3 is 0 Å². The van der Waals surface area contributed by atoms with E-state index in [0.717, 1.165) is 0 Å². The second-order valence-corrected chi connectivity index (χ2v) is 7.00. The largest absolute Gasteiger partial charge is 0.283 e. The van der Waals surface area contributed by atoms with Gasteiger partial charge in [0, 0.05) is 11.9 Å². The molecule has 6 nitrogen and oxygen atoms in total. The minimum absolute atomic E-state index is 0.106. The molecule has 0 saturated carbocycles. The zero-order valence-corrected chi connectivity index (χ0v) is 13.1. The lowest BCUT2D eigenvalue weighted by molar-refractivity contribution is -0.385. The van der Waals surface area contributed by atoms with Crippen molar-refractivity contribution in [2.75, 3.05) is 16.4 Å². The Hall–Kier alpha value is -0.860. The van der Waals surface area contributed by atoms with Crippen LogP contribution in [0.3, 0.4) is 0 Å². The third-order valence-corrected chi connectivity index (χ3v) is 4.90. The standard InChI is InChI=1S/C10H12BrClN2O4S/c1-7(5-12)6-19(17,18)13-8-2-3-10(14(15)16)9(11)4-8/h2-4,7,13H,5-6H2,1H3. The fourth-order valence-corrected chi connectivity index (χ4v) is 3.56. The highest BCUT2D eigenvalue weighted by Gasteiger charge is 2.17. The molecule has 106 valence electrons. The molecule has 19 heavy (non-hydrogen) atoms. The molecule has 1 aromatic carbocycles. The van der Waals surface area contributed by atoms with Crippen molar-refractivity contribution in [1.82, 2.24) is 0 Å². The van der Waals surface area contributed by atoms with Crippen molar-refractivity contribution < 1.29 is 13.3 Å². The average Bonchev–Trinajstić information content (AvgIpc) is 2.26. The number of anilines is 1. The van der Waals surface area contributed by atoms with Crippen LogP contribution in [0.4, 0.5) is 11.4 Å². The van der Waals surface area contributed by atoms with Crippen molar-refractivity contribution in [3.05, 3.63) is 32.8 Å². The number of nitrogens with zero attached hydrogens (tertiary/aromatic N) is 1. The molecule has 1 aromatic rings. The zero-order chi connectivity index (χ0) is 14.6. The molecule has 0 spiro atoms. The maximum absolute atomic E-state index is 11.8. The van der Waals surface area contributed by atoms with Crippen LogP contribution >= 0.6 is 27.5 Å². The maximum atomic E-state index is 11.8. The summed E-state index contributed by atoms with van der Waals surface area (Å²) in [6.07, 6.45) is 0. The molecule has 9 heteroatoms. The molecule has 0 aliphatic heterocycles. The third kappa shape index (κ3) is 4.96. The van der Waals surface area contributed by atoms with Crippen molar-refractivity contribution in [1.29, 1.82) is 0 Å². The average molecular weight is 372 g/mol. The van der Waals surface area contributed by atoms with Crippen LogP contribution in [0.5, 0.6) is 0 Å². The first-order valence-electron chi connectivity index (χ1n) is 5.25. The van der Waals surface area contributed by atoms with Crippen molar-refractivity contribution in [2.24, 2.45) is 5.92 Å². The molecule has 0 radical (unpaired) electrons. The molecule has 0 aliphatic rings. The molecule has 0 aromatic heterocycles. The van der Waals surface area contributed by atoms with Crippen LogP contribution in [-0.2, 0) is 10.0 Å². The molecule has 0 fully saturated rings. The molecule has 1 unspecified atom stereocenters. The van der Waals surface area contributed by atoms with Gasteiger partial charge in [-0.2, -0.15) is 0 Å². The van der Waals surface area contributed by atoms with Gasteiger partial charge in [-0.15, -0.1) is 11.6 Å². The molecule has 0 saturated heterocycles. The number of hydrogen-bond donors (Lipinski definition) is 1. The molecule has 0 heterocycles. The van der Waals surface area contributed by atoms with Crippen molar-refractivity contribution in [3.63, 3.8) is 0 Å². The van der Waals surface area contributed by atoms with Gasteiger partial charge in [-0.3, -0.25) is 14.8 Å². The number of nitro benzene ring substituents is 1. The van der Waals surface area contributed by atoms with Crippen LogP contribution in [0.15, 0.2) is 22.7 Å². The fourth-order valence-electron chi connectivity index (χ4n) is 1.36. The summed E-state index contributed by atoms with van der Waals surface area (Å²) in [5, 5.41) is 10.6. The number of halogens is 2. The van der Waals surface area contributed by atoms with Crippen LogP contribution in [0.25, 0.3) is 0 Å². The molecule has 1 atom stereocenters. The summed E-state index contributed by atoms with van der Waals surface area (Å²) < 4.78 is 26.1. The van der Waals surface area contributed by atoms with E-state index >= 15 is 0 Å². The summed E-state index contributed by atoms with van der Waals surface area (Å²) in [7, 11) is -3.52. The molecule has 0 amide bonds. The second kappa shape index (κ2) is 6.53. The highest BCUT2D eigenvalue weighted by Crippen LogP contribution is 2.28. The number of sulfonamides is 1. The summed E-state index contributed by atoms with van der Waals surface area (Å²) >= 11 is 8.59. The number of hydrogen-bond acceptors (Lipinski definition) is 4. The van der Waals surface area contributed by atoms with Crippen LogP contribution in [-0.4, -0.2) is 25.0 Å². The summed E-state index contributed by atoms with van der Waals surface area (Å²) in [5.41, 5.74) is 0.135. The van der Waals surface area contributed by atoms with Gasteiger partial charge in [-0.05, 0) is 34.0 Å². The minimum atomic E-state index is -3.52. The smallest absolute Gasteiger partial charge is 0.283 e. The SMILES string of the molecule is CC(CCl)CS(=O)(=O)Nc1ccc([N+](=O)[O-])c(Br)c1. The van der Waals surface area contributed by atoms with E-state index in [2.05, 4.69) is 20.7 Å². The number of nitro groups is 1. The number of rotatable bonds is 6. The lowest BCUT2D eigenvalue weighted by Crippen LogP contribution is -2.22. The summed E-state index contributed by atoms with van der Waals surface area (Å²) in [6, 6.07) is 3.92. The van der Waals surface area contributed by atoms with Gasteiger partial charge in [0.05, 0.1) is 20.8 Å². The molecular formula is C10H12BrClN2O4S. The van der Waals surface area contributed by atoms with Crippen molar-refractivity contribution >= 4 is 48.9 Å². The Labute approximate surface area is 124 Å². The lowest BCUT2D eigenvalue weighted by atomic mass is 10.3. The monoisotopic (exact) mass is 370 g/mol. The second-order valence-electron chi connectivity index (χ2n) is 4.07. The molecule has 1 N–H and O–H groups in total. The maximum Gasteiger partial charge on any atom is 0.283 e. The Morgan fingerprint density at radius 3 is 2.63 bits per heavy atom.